The summed E-state index contributed by atoms with van der Waals surface area (Å²) in [5.41, 5.74) is 1.55. The van der Waals surface area contributed by atoms with E-state index in [0.29, 0.717) is 11.4 Å². The van der Waals surface area contributed by atoms with E-state index in [1.54, 1.807) is 37.4 Å². The first kappa shape index (κ1) is 16.3. The average molecular weight is 310 g/mol. The molecule has 2 aromatic carbocycles. The van der Waals surface area contributed by atoms with E-state index in [2.05, 4.69) is 10.6 Å². The van der Waals surface area contributed by atoms with Crippen LogP contribution in [0.1, 0.15) is 5.56 Å². The molecule has 2 aromatic rings. The standard InChI is InChI=1S/C18H18N2O3/c1-19-18(22)13-23-16-9-5-8-15(12-16)20-17(21)11-10-14-6-3-2-4-7-14/h2-12H,13H2,1H3,(H,19,22)(H,20,21)/b11-10+. The summed E-state index contributed by atoms with van der Waals surface area (Å²) in [5, 5.41) is 5.22. The Morgan fingerprint density at radius 3 is 2.61 bits per heavy atom. The second-order valence-corrected chi connectivity index (χ2v) is 4.72. The Labute approximate surface area is 135 Å². The van der Waals surface area contributed by atoms with Gasteiger partial charge < -0.3 is 15.4 Å². The van der Waals surface area contributed by atoms with Crippen molar-refractivity contribution in [3.8, 4) is 5.75 Å². The van der Waals surface area contributed by atoms with Crippen molar-refractivity contribution < 1.29 is 14.3 Å². The number of carbonyl (C=O) groups excluding carboxylic acids is 2. The van der Waals surface area contributed by atoms with Gasteiger partial charge in [-0.25, -0.2) is 0 Å². The molecule has 2 rings (SSSR count). The predicted octanol–water partition coefficient (Wildman–Crippen LogP) is 2.46. The average Bonchev–Trinajstić information content (AvgIpc) is 2.59. The van der Waals surface area contributed by atoms with Crippen LogP contribution in [-0.2, 0) is 9.59 Å². The molecule has 0 aromatic heterocycles. The number of anilines is 1. The van der Waals surface area contributed by atoms with Gasteiger partial charge in [0.15, 0.2) is 6.61 Å². The first-order valence-electron chi connectivity index (χ1n) is 7.15. The van der Waals surface area contributed by atoms with Gasteiger partial charge >= 0.3 is 0 Å². The van der Waals surface area contributed by atoms with Crippen LogP contribution in [0.2, 0.25) is 0 Å². The first-order valence-corrected chi connectivity index (χ1v) is 7.15. The fraction of sp³-hybridized carbons (Fsp3) is 0.111. The van der Waals surface area contributed by atoms with E-state index in [1.807, 2.05) is 30.3 Å². The monoisotopic (exact) mass is 310 g/mol. The zero-order chi connectivity index (χ0) is 16.5. The number of ether oxygens (including phenoxy) is 1. The third-order valence-corrected chi connectivity index (χ3v) is 2.98. The van der Waals surface area contributed by atoms with Crippen molar-refractivity contribution >= 4 is 23.6 Å². The Balaban J connectivity index is 1.93. The molecular weight excluding hydrogens is 292 g/mol. The molecule has 5 nitrogen and oxygen atoms in total. The zero-order valence-electron chi connectivity index (χ0n) is 12.8. The normalized spacial score (nSPS) is 10.3. The van der Waals surface area contributed by atoms with Crippen molar-refractivity contribution in [3.63, 3.8) is 0 Å². The van der Waals surface area contributed by atoms with Gasteiger partial charge in [0, 0.05) is 24.9 Å². The van der Waals surface area contributed by atoms with Crippen molar-refractivity contribution in [3.05, 3.63) is 66.2 Å². The van der Waals surface area contributed by atoms with Crippen LogP contribution in [0.4, 0.5) is 5.69 Å². The van der Waals surface area contributed by atoms with Crippen LogP contribution in [0.25, 0.3) is 6.08 Å². The van der Waals surface area contributed by atoms with E-state index < -0.39 is 0 Å². The molecular formula is C18H18N2O3. The Morgan fingerprint density at radius 2 is 1.87 bits per heavy atom. The SMILES string of the molecule is CNC(=O)COc1cccc(NC(=O)/C=C/c2ccccc2)c1. The molecule has 0 saturated heterocycles. The molecule has 5 heteroatoms. The molecule has 0 spiro atoms. The summed E-state index contributed by atoms with van der Waals surface area (Å²) in [7, 11) is 1.54. The first-order chi connectivity index (χ1) is 11.2. The van der Waals surface area contributed by atoms with Crippen molar-refractivity contribution in [1.82, 2.24) is 5.32 Å². The summed E-state index contributed by atoms with van der Waals surface area (Å²) in [6, 6.07) is 16.4. The van der Waals surface area contributed by atoms with E-state index >= 15 is 0 Å². The van der Waals surface area contributed by atoms with Gasteiger partial charge in [0.2, 0.25) is 5.91 Å². The third kappa shape index (κ3) is 5.67. The van der Waals surface area contributed by atoms with Crippen LogP contribution in [0.3, 0.4) is 0 Å². The van der Waals surface area contributed by atoms with Crippen LogP contribution in [-0.4, -0.2) is 25.5 Å². The summed E-state index contributed by atoms with van der Waals surface area (Å²) >= 11 is 0. The number of hydrogen-bond acceptors (Lipinski definition) is 3. The smallest absolute Gasteiger partial charge is 0.257 e. The molecule has 0 aliphatic carbocycles. The van der Waals surface area contributed by atoms with Gasteiger partial charge in [-0.15, -0.1) is 0 Å². The minimum absolute atomic E-state index is 0.0676. The minimum atomic E-state index is -0.239. The Hall–Kier alpha value is -3.08. The van der Waals surface area contributed by atoms with Crippen molar-refractivity contribution in [2.45, 2.75) is 0 Å². The summed E-state index contributed by atoms with van der Waals surface area (Å²) in [5.74, 6) is 0.0565. The zero-order valence-corrected chi connectivity index (χ0v) is 12.8. The van der Waals surface area contributed by atoms with Crippen molar-refractivity contribution in [1.29, 1.82) is 0 Å². The fourth-order valence-electron chi connectivity index (χ4n) is 1.80. The molecule has 0 heterocycles. The second-order valence-electron chi connectivity index (χ2n) is 4.72. The van der Waals surface area contributed by atoms with Crippen LogP contribution in [0.5, 0.6) is 5.75 Å². The fourth-order valence-corrected chi connectivity index (χ4v) is 1.80. The van der Waals surface area contributed by atoms with E-state index in [1.165, 1.54) is 6.08 Å². The molecule has 23 heavy (non-hydrogen) atoms. The van der Waals surface area contributed by atoms with Crippen LogP contribution in [0, 0.1) is 0 Å². The van der Waals surface area contributed by atoms with Crippen molar-refractivity contribution in [2.24, 2.45) is 0 Å². The van der Waals surface area contributed by atoms with Gasteiger partial charge in [0.25, 0.3) is 5.91 Å². The van der Waals surface area contributed by atoms with Gasteiger partial charge in [0.1, 0.15) is 5.75 Å². The summed E-state index contributed by atoms with van der Waals surface area (Å²) in [4.78, 5) is 23.1. The molecule has 2 amide bonds. The Bertz CT molecular complexity index is 696. The van der Waals surface area contributed by atoms with Crippen LogP contribution in [0.15, 0.2) is 60.7 Å². The number of benzene rings is 2. The quantitative estimate of drug-likeness (QED) is 0.805. The van der Waals surface area contributed by atoms with E-state index in [4.69, 9.17) is 4.74 Å². The highest BCUT2D eigenvalue weighted by Crippen LogP contribution is 2.17. The predicted molar refractivity (Wildman–Crippen MR) is 90.1 cm³/mol. The van der Waals surface area contributed by atoms with Crippen LogP contribution >= 0.6 is 0 Å². The molecule has 0 aliphatic heterocycles. The number of likely N-dealkylation sites (N-methyl/N-ethyl adjacent to an activating group) is 1. The second kappa shape index (κ2) is 8.38. The third-order valence-electron chi connectivity index (χ3n) is 2.98. The summed E-state index contributed by atoms with van der Waals surface area (Å²) in [6.45, 7) is -0.0676. The van der Waals surface area contributed by atoms with Crippen molar-refractivity contribution in [2.75, 3.05) is 19.0 Å². The van der Waals surface area contributed by atoms with Gasteiger partial charge in [-0.2, -0.15) is 0 Å². The maximum absolute atomic E-state index is 11.9. The Morgan fingerprint density at radius 1 is 1.09 bits per heavy atom. The van der Waals surface area contributed by atoms with Crippen LogP contribution < -0.4 is 15.4 Å². The molecule has 0 saturated carbocycles. The number of nitrogens with one attached hydrogen (secondary N) is 2. The summed E-state index contributed by atoms with van der Waals surface area (Å²) in [6.07, 6.45) is 3.20. The molecule has 0 radical (unpaired) electrons. The minimum Gasteiger partial charge on any atom is -0.484 e. The molecule has 118 valence electrons. The van der Waals surface area contributed by atoms with Gasteiger partial charge in [-0.3, -0.25) is 9.59 Å². The molecule has 0 atom stereocenters. The molecule has 2 N–H and O–H groups in total. The lowest BCUT2D eigenvalue weighted by Gasteiger charge is -2.07. The maximum atomic E-state index is 11.9. The molecule has 0 bridgehead atoms. The number of rotatable bonds is 6. The molecule has 0 fully saturated rings. The number of carbonyl (C=O) groups is 2. The van der Waals surface area contributed by atoms with Gasteiger partial charge in [-0.05, 0) is 23.8 Å². The lowest BCUT2D eigenvalue weighted by atomic mass is 10.2. The number of amides is 2. The lowest BCUT2D eigenvalue weighted by Crippen LogP contribution is -2.24. The highest BCUT2D eigenvalue weighted by molar-refractivity contribution is 6.02. The van der Waals surface area contributed by atoms with E-state index in [9.17, 15) is 9.59 Å². The van der Waals surface area contributed by atoms with Gasteiger partial charge in [0.05, 0.1) is 0 Å². The highest BCUT2D eigenvalue weighted by Gasteiger charge is 2.02. The largest absolute Gasteiger partial charge is 0.484 e. The molecule has 0 unspecified atom stereocenters. The highest BCUT2D eigenvalue weighted by atomic mass is 16.5. The van der Waals surface area contributed by atoms with E-state index in [0.717, 1.165) is 5.56 Å². The maximum Gasteiger partial charge on any atom is 0.257 e. The van der Waals surface area contributed by atoms with Gasteiger partial charge in [-0.1, -0.05) is 36.4 Å². The lowest BCUT2D eigenvalue weighted by molar-refractivity contribution is -0.122. The number of hydrogen-bond donors (Lipinski definition) is 2. The molecule has 0 aliphatic rings. The topological polar surface area (TPSA) is 67.4 Å². The summed E-state index contributed by atoms with van der Waals surface area (Å²) < 4.78 is 5.33. The van der Waals surface area contributed by atoms with E-state index in [-0.39, 0.29) is 18.4 Å². The Kier molecular flexibility index (Phi) is 5.94.